The lowest BCUT2D eigenvalue weighted by Gasteiger charge is -2.26. The van der Waals surface area contributed by atoms with Crippen LogP contribution >= 0.6 is 0 Å². The number of hydrogen-bond donors (Lipinski definition) is 2. The lowest BCUT2D eigenvalue weighted by Crippen LogP contribution is -2.41. The fourth-order valence-corrected chi connectivity index (χ4v) is 4.18. The number of methoxy groups -OCH3 is 1. The molecule has 1 aliphatic carbocycles. The van der Waals surface area contributed by atoms with Crippen LogP contribution in [0.2, 0.25) is 0 Å². The Morgan fingerprint density at radius 1 is 1.18 bits per heavy atom. The lowest BCUT2D eigenvalue weighted by molar-refractivity contribution is 0.0382. The van der Waals surface area contributed by atoms with Gasteiger partial charge in [-0.3, -0.25) is 14.5 Å². The van der Waals surface area contributed by atoms with Crippen molar-refractivity contribution < 1.29 is 23.5 Å². The topological polar surface area (TPSA) is 105 Å². The molecule has 0 spiro atoms. The summed E-state index contributed by atoms with van der Waals surface area (Å²) in [5.74, 6) is 1.11. The Labute approximate surface area is 193 Å². The molecule has 33 heavy (non-hydrogen) atoms. The van der Waals surface area contributed by atoms with Crippen molar-refractivity contribution in [3.63, 3.8) is 0 Å². The summed E-state index contributed by atoms with van der Waals surface area (Å²) in [6.07, 6.45) is 2.27. The molecule has 0 radical (unpaired) electrons. The predicted octanol–water partition coefficient (Wildman–Crippen LogP) is 2.13. The monoisotopic (exact) mass is 454 g/mol. The molecule has 1 aliphatic heterocycles. The maximum Gasteiger partial charge on any atom is 0.287 e. The second-order valence-electron chi connectivity index (χ2n) is 8.15. The summed E-state index contributed by atoms with van der Waals surface area (Å²) in [5.41, 5.74) is 5.39. The van der Waals surface area contributed by atoms with E-state index >= 15 is 0 Å². The van der Waals surface area contributed by atoms with Crippen LogP contribution in [-0.4, -0.2) is 68.9 Å². The van der Waals surface area contributed by atoms with Crippen LogP contribution in [0.15, 0.2) is 33.8 Å². The highest BCUT2D eigenvalue weighted by Crippen LogP contribution is 2.29. The Balaban J connectivity index is 1.43. The number of hydrazone groups is 1. The molecule has 2 aliphatic rings. The third-order valence-corrected chi connectivity index (χ3v) is 5.97. The molecule has 2 aromatic rings. The van der Waals surface area contributed by atoms with Crippen molar-refractivity contribution in [3.05, 3.63) is 52.5 Å². The molecule has 1 saturated heterocycles. The summed E-state index contributed by atoms with van der Waals surface area (Å²) >= 11 is 0. The van der Waals surface area contributed by atoms with Crippen LogP contribution in [0.25, 0.3) is 0 Å². The van der Waals surface area contributed by atoms with Crippen LogP contribution < -0.4 is 15.5 Å². The summed E-state index contributed by atoms with van der Waals surface area (Å²) in [7, 11) is 1.55. The van der Waals surface area contributed by atoms with E-state index in [1.54, 1.807) is 31.4 Å². The normalized spacial score (nSPS) is 17.5. The van der Waals surface area contributed by atoms with Crippen LogP contribution in [0.1, 0.15) is 50.6 Å². The Kier molecular flexibility index (Phi) is 7.41. The average Bonchev–Trinajstić information content (AvgIpc) is 3.20. The molecule has 1 aromatic heterocycles. The number of carbonyl (C=O) groups excluding carboxylic acids is 2. The van der Waals surface area contributed by atoms with Gasteiger partial charge < -0.3 is 19.2 Å². The van der Waals surface area contributed by atoms with Gasteiger partial charge in [-0.1, -0.05) is 6.07 Å². The van der Waals surface area contributed by atoms with E-state index in [0.717, 1.165) is 68.3 Å². The first-order chi connectivity index (χ1) is 16.1. The second-order valence-corrected chi connectivity index (χ2v) is 8.15. The highest BCUT2D eigenvalue weighted by atomic mass is 16.5. The molecule has 1 aromatic carbocycles. The minimum atomic E-state index is -0.323. The summed E-state index contributed by atoms with van der Waals surface area (Å²) in [6.45, 7) is 6.40. The quantitative estimate of drug-likeness (QED) is 0.621. The molecule has 2 amide bonds. The molecule has 0 unspecified atom stereocenters. The van der Waals surface area contributed by atoms with E-state index in [-0.39, 0.29) is 11.8 Å². The molecule has 9 heteroatoms. The molecular weight excluding hydrogens is 424 g/mol. The number of morpholine rings is 1. The minimum absolute atomic E-state index is 0.227. The summed E-state index contributed by atoms with van der Waals surface area (Å²) < 4.78 is 16.5. The maximum absolute atomic E-state index is 12.8. The van der Waals surface area contributed by atoms with Crippen LogP contribution in [0.4, 0.5) is 0 Å². The molecule has 176 valence electrons. The number of aryl methyl sites for hydroxylation is 1. The zero-order valence-electron chi connectivity index (χ0n) is 19.1. The summed E-state index contributed by atoms with van der Waals surface area (Å²) in [6, 6.07) is 6.89. The second kappa shape index (κ2) is 10.6. The van der Waals surface area contributed by atoms with E-state index in [4.69, 9.17) is 13.9 Å². The van der Waals surface area contributed by atoms with Gasteiger partial charge >= 0.3 is 0 Å². The van der Waals surface area contributed by atoms with E-state index in [1.807, 2.05) is 6.92 Å². The first-order valence-electron chi connectivity index (χ1n) is 11.3. The highest BCUT2D eigenvalue weighted by molar-refractivity contribution is 6.07. The molecule has 2 heterocycles. The third-order valence-electron chi connectivity index (χ3n) is 5.97. The van der Waals surface area contributed by atoms with Crippen molar-refractivity contribution in [2.45, 2.75) is 26.2 Å². The molecule has 9 nitrogen and oxygen atoms in total. The molecule has 4 rings (SSSR count). The summed E-state index contributed by atoms with van der Waals surface area (Å²) in [5, 5.41) is 7.34. The van der Waals surface area contributed by atoms with E-state index < -0.39 is 0 Å². The number of rotatable bonds is 7. The number of nitrogens with zero attached hydrogens (tertiary/aromatic N) is 2. The number of amides is 2. The van der Waals surface area contributed by atoms with Crippen molar-refractivity contribution in [1.29, 1.82) is 0 Å². The predicted molar refractivity (Wildman–Crippen MR) is 123 cm³/mol. The number of furan rings is 1. The molecule has 0 bridgehead atoms. The first kappa shape index (κ1) is 23.0. The Morgan fingerprint density at radius 3 is 2.79 bits per heavy atom. The standard InChI is InChI=1S/C24H30N4O5/c1-16-21-19(26-27-23(29)17-5-3-6-18(15-17)31-2)7-4-8-20(21)33-22(16)24(30)25-9-10-28-11-13-32-14-12-28/h3,5-6,15H,4,7-14H2,1-2H3,(H,25,30)(H,27,29)/b26-19+. The first-order valence-corrected chi connectivity index (χ1v) is 11.3. The molecule has 2 N–H and O–H groups in total. The van der Waals surface area contributed by atoms with Gasteiger partial charge in [0, 0.05) is 49.3 Å². The van der Waals surface area contributed by atoms with Gasteiger partial charge in [-0.25, -0.2) is 5.43 Å². The van der Waals surface area contributed by atoms with Crippen molar-refractivity contribution in [1.82, 2.24) is 15.6 Å². The molecule has 0 saturated carbocycles. The van der Waals surface area contributed by atoms with Gasteiger partial charge in [0.25, 0.3) is 11.8 Å². The van der Waals surface area contributed by atoms with Crippen LogP contribution in [0, 0.1) is 6.92 Å². The number of carbonyl (C=O) groups is 2. The van der Waals surface area contributed by atoms with Gasteiger partial charge in [-0.15, -0.1) is 0 Å². The molecule has 1 fully saturated rings. The van der Waals surface area contributed by atoms with Crippen LogP contribution in [-0.2, 0) is 11.2 Å². The number of ether oxygens (including phenoxy) is 2. The van der Waals surface area contributed by atoms with Gasteiger partial charge in [-0.2, -0.15) is 5.10 Å². The van der Waals surface area contributed by atoms with E-state index in [2.05, 4.69) is 20.7 Å². The highest BCUT2D eigenvalue weighted by Gasteiger charge is 2.28. The maximum atomic E-state index is 12.8. The number of fused-ring (bicyclic) bond motifs is 1. The Morgan fingerprint density at radius 2 is 2.00 bits per heavy atom. The van der Waals surface area contributed by atoms with E-state index in [1.165, 1.54) is 0 Å². The van der Waals surface area contributed by atoms with Crippen LogP contribution in [0.5, 0.6) is 5.75 Å². The van der Waals surface area contributed by atoms with Crippen molar-refractivity contribution in [3.8, 4) is 5.75 Å². The number of hydrogen-bond acceptors (Lipinski definition) is 7. The zero-order valence-corrected chi connectivity index (χ0v) is 19.1. The fraction of sp³-hybridized carbons (Fsp3) is 0.458. The van der Waals surface area contributed by atoms with Crippen molar-refractivity contribution in [2.75, 3.05) is 46.5 Å². The number of nitrogens with one attached hydrogen (secondary N) is 2. The third kappa shape index (κ3) is 5.43. The number of benzene rings is 1. The van der Waals surface area contributed by atoms with E-state index in [9.17, 15) is 9.59 Å². The van der Waals surface area contributed by atoms with Gasteiger partial charge in [0.05, 0.1) is 26.0 Å². The summed E-state index contributed by atoms with van der Waals surface area (Å²) in [4.78, 5) is 27.6. The molecule has 0 atom stereocenters. The fourth-order valence-electron chi connectivity index (χ4n) is 4.18. The average molecular weight is 455 g/mol. The van der Waals surface area contributed by atoms with E-state index in [0.29, 0.717) is 30.0 Å². The Hall–Kier alpha value is -3.17. The van der Waals surface area contributed by atoms with Gasteiger partial charge in [0.2, 0.25) is 0 Å². The van der Waals surface area contributed by atoms with Gasteiger partial charge in [-0.05, 0) is 38.0 Å². The Bertz CT molecular complexity index is 1040. The van der Waals surface area contributed by atoms with Gasteiger partial charge in [0.1, 0.15) is 11.5 Å². The van der Waals surface area contributed by atoms with Gasteiger partial charge in [0.15, 0.2) is 5.76 Å². The largest absolute Gasteiger partial charge is 0.497 e. The minimum Gasteiger partial charge on any atom is -0.497 e. The molecular formula is C24H30N4O5. The lowest BCUT2D eigenvalue weighted by atomic mass is 9.93. The smallest absolute Gasteiger partial charge is 0.287 e. The zero-order chi connectivity index (χ0) is 23.2. The van der Waals surface area contributed by atoms with Crippen molar-refractivity contribution >= 4 is 17.5 Å². The van der Waals surface area contributed by atoms with Crippen molar-refractivity contribution in [2.24, 2.45) is 5.10 Å². The SMILES string of the molecule is COc1cccc(C(=O)N/N=C2\CCCc3oc(C(=O)NCCN4CCOCC4)c(C)c32)c1. The van der Waals surface area contributed by atoms with Crippen LogP contribution in [0.3, 0.4) is 0 Å².